The average Bonchev–Trinajstić information content (AvgIpc) is 3.05. The number of ether oxygens (including phenoxy) is 4. The lowest BCUT2D eigenvalue weighted by Gasteiger charge is -2.25. The van der Waals surface area contributed by atoms with Crippen LogP contribution in [0.1, 0.15) is 11.1 Å². The number of benzene rings is 3. The minimum Gasteiger partial charge on any atom is -0.377 e. The predicted molar refractivity (Wildman–Crippen MR) is 166 cm³/mol. The van der Waals surface area contributed by atoms with Gasteiger partial charge in [0.05, 0.1) is 58.5 Å². The van der Waals surface area contributed by atoms with E-state index in [9.17, 15) is 0 Å². The number of hydrogen-bond acceptors (Lipinski definition) is 6. The van der Waals surface area contributed by atoms with Crippen molar-refractivity contribution in [1.82, 2.24) is 4.98 Å². The van der Waals surface area contributed by atoms with Crippen molar-refractivity contribution < 1.29 is 18.9 Å². The van der Waals surface area contributed by atoms with E-state index in [2.05, 4.69) is 83.8 Å². The molecule has 1 aromatic heterocycles. The number of rotatable bonds is 5. The van der Waals surface area contributed by atoms with Crippen LogP contribution in [0.15, 0.2) is 97.2 Å². The van der Waals surface area contributed by atoms with E-state index in [0.29, 0.717) is 52.9 Å². The minimum atomic E-state index is 0.581. The molecule has 1 aliphatic rings. The molecule has 1 fully saturated rings. The molecule has 5 rings (SSSR count). The number of nitrogens with zero attached hydrogens (tertiary/aromatic N) is 2. The molecule has 0 amide bonds. The van der Waals surface area contributed by atoms with Crippen LogP contribution in [0.2, 0.25) is 0 Å². The Hall–Kier alpha value is -3.81. The molecular weight excluding hydrogens is 512 g/mol. The standard InChI is InChI=1S/C35H38N2O4/c1-3-7-30(8-4-1)34-28-36-35(31-9-5-2-6-10-31)27-32(34)14-11-29-12-15-33(16-13-29)37-17-19-38-21-23-40-25-26-41-24-22-39-20-18-37/h1-16,27-28H,17-26H2/b14-11+. The van der Waals surface area contributed by atoms with Gasteiger partial charge in [-0.3, -0.25) is 4.98 Å². The quantitative estimate of drug-likeness (QED) is 0.284. The Kier molecular flexibility index (Phi) is 11.1. The normalized spacial score (nSPS) is 16.2. The summed E-state index contributed by atoms with van der Waals surface area (Å²) in [5.41, 5.74) is 7.72. The second-order valence-corrected chi connectivity index (χ2v) is 9.75. The number of anilines is 1. The van der Waals surface area contributed by atoms with Crippen LogP contribution in [0.25, 0.3) is 34.5 Å². The van der Waals surface area contributed by atoms with E-state index in [1.165, 1.54) is 0 Å². The fourth-order valence-electron chi connectivity index (χ4n) is 4.70. The molecule has 3 aromatic carbocycles. The van der Waals surface area contributed by atoms with Crippen LogP contribution in [-0.4, -0.2) is 70.9 Å². The first-order valence-electron chi connectivity index (χ1n) is 14.3. The molecule has 0 unspecified atom stereocenters. The summed E-state index contributed by atoms with van der Waals surface area (Å²) in [5.74, 6) is 0. The zero-order valence-corrected chi connectivity index (χ0v) is 23.5. The van der Waals surface area contributed by atoms with Crippen molar-refractivity contribution in [3.05, 3.63) is 108 Å². The molecule has 0 aliphatic carbocycles. The van der Waals surface area contributed by atoms with E-state index in [1.54, 1.807) is 0 Å². The average molecular weight is 551 g/mol. The summed E-state index contributed by atoms with van der Waals surface area (Å²) in [6.07, 6.45) is 6.32. The van der Waals surface area contributed by atoms with Crippen LogP contribution in [-0.2, 0) is 18.9 Å². The molecule has 4 aromatic rings. The molecule has 6 nitrogen and oxygen atoms in total. The van der Waals surface area contributed by atoms with E-state index in [0.717, 1.165) is 52.3 Å². The van der Waals surface area contributed by atoms with Gasteiger partial charge in [-0.05, 0) is 34.9 Å². The fraction of sp³-hybridized carbons (Fsp3) is 0.286. The highest BCUT2D eigenvalue weighted by Crippen LogP contribution is 2.29. The van der Waals surface area contributed by atoms with Gasteiger partial charge in [-0.1, -0.05) is 84.9 Å². The third kappa shape index (κ3) is 8.84. The van der Waals surface area contributed by atoms with Crippen molar-refractivity contribution in [3.8, 4) is 22.4 Å². The smallest absolute Gasteiger partial charge is 0.0708 e. The first-order chi connectivity index (χ1) is 20.4. The molecule has 0 spiro atoms. The second kappa shape index (κ2) is 15.8. The molecule has 0 atom stereocenters. The van der Waals surface area contributed by atoms with Crippen LogP contribution in [0.4, 0.5) is 5.69 Å². The van der Waals surface area contributed by atoms with Gasteiger partial charge < -0.3 is 23.8 Å². The molecule has 2 heterocycles. The Bertz CT molecular complexity index is 1330. The number of hydrogen-bond donors (Lipinski definition) is 0. The zero-order chi connectivity index (χ0) is 28.0. The molecule has 6 heteroatoms. The lowest BCUT2D eigenvalue weighted by molar-refractivity contribution is 0.00206. The SMILES string of the molecule is C(=C\c1cc(-c2ccccc2)ncc1-c1ccccc1)/c1ccc(N2CCOCCOCCOCCOCC2)cc1. The van der Waals surface area contributed by atoms with E-state index < -0.39 is 0 Å². The maximum absolute atomic E-state index is 5.80. The Morgan fingerprint density at radius 2 is 1.10 bits per heavy atom. The van der Waals surface area contributed by atoms with Crippen LogP contribution >= 0.6 is 0 Å². The molecule has 1 saturated heterocycles. The molecule has 0 bridgehead atoms. The summed E-state index contributed by atoms with van der Waals surface area (Å²) in [7, 11) is 0. The van der Waals surface area contributed by atoms with Crippen LogP contribution in [0, 0.1) is 0 Å². The van der Waals surface area contributed by atoms with Gasteiger partial charge in [0.1, 0.15) is 0 Å². The van der Waals surface area contributed by atoms with E-state index in [4.69, 9.17) is 23.9 Å². The number of aromatic nitrogens is 1. The Morgan fingerprint density at radius 1 is 0.561 bits per heavy atom. The third-order valence-electron chi connectivity index (χ3n) is 6.93. The molecule has 0 radical (unpaired) electrons. The van der Waals surface area contributed by atoms with Crippen molar-refractivity contribution in [2.75, 3.05) is 70.8 Å². The van der Waals surface area contributed by atoms with Crippen molar-refractivity contribution >= 4 is 17.8 Å². The lowest BCUT2D eigenvalue weighted by Crippen LogP contribution is -2.31. The van der Waals surface area contributed by atoms with Crippen LogP contribution in [0.3, 0.4) is 0 Å². The van der Waals surface area contributed by atoms with Crippen LogP contribution in [0.5, 0.6) is 0 Å². The summed E-state index contributed by atoms with van der Waals surface area (Å²) in [5, 5.41) is 0. The second-order valence-electron chi connectivity index (χ2n) is 9.75. The first kappa shape index (κ1) is 28.7. The maximum Gasteiger partial charge on any atom is 0.0708 e. The predicted octanol–water partition coefficient (Wildman–Crippen LogP) is 6.47. The van der Waals surface area contributed by atoms with Crippen molar-refractivity contribution in [3.63, 3.8) is 0 Å². The molecule has 0 N–H and O–H groups in total. The van der Waals surface area contributed by atoms with Gasteiger partial charge in [0, 0.05) is 36.1 Å². The van der Waals surface area contributed by atoms with Gasteiger partial charge in [0.15, 0.2) is 0 Å². The van der Waals surface area contributed by atoms with Crippen LogP contribution < -0.4 is 4.90 Å². The van der Waals surface area contributed by atoms with E-state index in [1.807, 2.05) is 30.5 Å². The van der Waals surface area contributed by atoms with Crippen molar-refractivity contribution in [1.29, 1.82) is 0 Å². The molecule has 0 saturated carbocycles. The van der Waals surface area contributed by atoms with Gasteiger partial charge in [-0.15, -0.1) is 0 Å². The maximum atomic E-state index is 5.80. The van der Waals surface area contributed by atoms with E-state index >= 15 is 0 Å². The fourth-order valence-corrected chi connectivity index (χ4v) is 4.70. The van der Waals surface area contributed by atoms with Crippen molar-refractivity contribution in [2.24, 2.45) is 0 Å². The van der Waals surface area contributed by atoms with Gasteiger partial charge in [-0.25, -0.2) is 0 Å². The molecule has 41 heavy (non-hydrogen) atoms. The van der Waals surface area contributed by atoms with Gasteiger partial charge in [0.25, 0.3) is 0 Å². The summed E-state index contributed by atoms with van der Waals surface area (Å²) in [6.45, 7) is 6.33. The van der Waals surface area contributed by atoms with Gasteiger partial charge >= 0.3 is 0 Å². The number of pyridine rings is 1. The first-order valence-corrected chi connectivity index (χ1v) is 14.3. The van der Waals surface area contributed by atoms with E-state index in [-0.39, 0.29) is 0 Å². The third-order valence-corrected chi connectivity index (χ3v) is 6.93. The van der Waals surface area contributed by atoms with Gasteiger partial charge in [-0.2, -0.15) is 0 Å². The molecule has 1 aliphatic heterocycles. The minimum absolute atomic E-state index is 0.581. The topological polar surface area (TPSA) is 53.1 Å². The summed E-state index contributed by atoms with van der Waals surface area (Å²) in [4.78, 5) is 7.09. The lowest BCUT2D eigenvalue weighted by atomic mass is 9.98. The summed E-state index contributed by atoms with van der Waals surface area (Å²) >= 11 is 0. The summed E-state index contributed by atoms with van der Waals surface area (Å²) in [6, 6.07) is 31.5. The van der Waals surface area contributed by atoms with Crippen molar-refractivity contribution in [2.45, 2.75) is 0 Å². The largest absolute Gasteiger partial charge is 0.377 e. The molecular formula is C35H38N2O4. The Morgan fingerprint density at radius 3 is 1.68 bits per heavy atom. The Labute approximate surface area is 243 Å². The summed E-state index contributed by atoms with van der Waals surface area (Å²) < 4.78 is 22.7. The highest BCUT2D eigenvalue weighted by molar-refractivity contribution is 5.82. The highest BCUT2D eigenvalue weighted by Gasteiger charge is 2.09. The molecule has 212 valence electrons. The Balaban J connectivity index is 1.31. The monoisotopic (exact) mass is 550 g/mol. The zero-order valence-electron chi connectivity index (χ0n) is 23.5. The van der Waals surface area contributed by atoms with Gasteiger partial charge in [0.2, 0.25) is 0 Å². The highest BCUT2D eigenvalue weighted by atomic mass is 16.6.